The molecule has 5 rings (SSSR count). The van der Waals surface area contributed by atoms with Gasteiger partial charge in [0.25, 0.3) is 5.91 Å². The number of amides is 2. The number of para-hydroxylation sites is 1. The molecular formula is C28H28N4O4. The Kier molecular flexibility index (Phi) is 6.10. The lowest BCUT2D eigenvalue weighted by molar-refractivity contribution is -0.133. The smallest absolute Gasteiger partial charge is 0.273 e. The highest BCUT2D eigenvalue weighted by molar-refractivity contribution is 6.00. The number of carbonyl (C=O) groups excluding carboxylic acids is 2. The zero-order valence-corrected chi connectivity index (χ0v) is 20.5. The number of methoxy groups -OCH3 is 1. The molecule has 0 radical (unpaired) electrons. The first kappa shape index (κ1) is 23.4. The third kappa shape index (κ3) is 4.26. The third-order valence-electron chi connectivity index (χ3n) is 6.60. The molecule has 0 aliphatic carbocycles. The summed E-state index contributed by atoms with van der Waals surface area (Å²) >= 11 is 0. The lowest BCUT2D eigenvalue weighted by Crippen LogP contribution is -2.63. The first-order valence-corrected chi connectivity index (χ1v) is 11.8. The van der Waals surface area contributed by atoms with E-state index in [1.807, 2.05) is 73.7 Å². The summed E-state index contributed by atoms with van der Waals surface area (Å²) in [7, 11) is 1.60. The van der Waals surface area contributed by atoms with E-state index in [2.05, 4.69) is 10.4 Å². The van der Waals surface area contributed by atoms with Gasteiger partial charge in [0.05, 0.1) is 25.9 Å². The number of carbonyl (C=O) groups is 2. The molecule has 8 heteroatoms. The third-order valence-corrected chi connectivity index (χ3v) is 6.60. The van der Waals surface area contributed by atoms with Crippen LogP contribution in [0, 0.1) is 6.92 Å². The van der Waals surface area contributed by atoms with Crippen LogP contribution >= 0.6 is 0 Å². The molecule has 2 aromatic carbocycles. The molecular weight excluding hydrogens is 456 g/mol. The number of hydrogen-bond acceptors (Lipinski definition) is 5. The molecule has 8 nitrogen and oxygen atoms in total. The standard InChI is InChI=1S/C28H28N4O4/c1-19-13-14-22(36-19)17-31-26(33)24-15-23(20-9-5-4-6-10-20)30-32(24)18-28(31,2)27(34)29-16-21-11-7-8-12-25(21)35-3/h4-15H,16-18H2,1-3H3,(H,29,34). The Labute approximate surface area is 209 Å². The van der Waals surface area contributed by atoms with Gasteiger partial charge < -0.3 is 19.4 Å². The summed E-state index contributed by atoms with van der Waals surface area (Å²) in [6.07, 6.45) is 0. The van der Waals surface area contributed by atoms with Crippen LogP contribution in [-0.4, -0.2) is 39.1 Å². The number of hydrogen-bond donors (Lipinski definition) is 1. The number of furan rings is 1. The molecule has 0 spiro atoms. The van der Waals surface area contributed by atoms with Gasteiger partial charge in [-0.15, -0.1) is 0 Å². The first-order valence-electron chi connectivity index (χ1n) is 11.8. The van der Waals surface area contributed by atoms with Gasteiger partial charge in [0.2, 0.25) is 5.91 Å². The molecule has 0 saturated carbocycles. The van der Waals surface area contributed by atoms with E-state index in [4.69, 9.17) is 9.15 Å². The van der Waals surface area contributed by atoms with Crippen molar-refractivity contribution in [1.82, 2.24) is 20.0 Å². The van der Waals surface area contributed by atoms with Crippen molar-refractivity contribution in [3.8, 4) is 17.0 Å². The fourth-order valence-corrected chi connectivity index (χ4v) is 4.58. The van der Waals surface area contributed by atoms with Crippen LogP contribution in [0.5, 0.6) is 5.75 Å². The fraction of sp³-hybridized carbons (Fsp3) is 0.250. The van der Waals surface area contributed by atoms with Crippen molar-refractivity contribution in [2.45, 2.75) is 39.0 Å². The van der Waals surface area contributed by atoms with Crippen molar-refractivity contribution in [2.24, 2.45) is 0 Å². The van der Waals surface area contributed by atoms with Crippen molar-refractivity contribution in [1.29, 1.82) is 0 Å². The van der Waals surface area contributed by atoms with Crippen LogP contribution in [0.15, 0.2) is 77.2 Å². The highest BCUT2D eigenvalue weighted by atomic mass is 16.5. The number of ether oxygens (including phenoxy) is 1. The van der Waals surface area contributed by atoms with E-state index in [1.54, 1.807) is 29.7 Å². The summed E-state index contributed by atoms with van der Waals surface area (Å²) in [5.74, 6) is 1.48. The maximum absolute atomic E-state index is 13.8. The Morgan fingerprint density at radius 3 is 2.58 bits per heavy atom. The monoisotopic (exact) mass is 484 g/mol. The van der Waals surface area contributed by atoms with Gasteiger partial charge in [0.1, 0.15) is 28.5 Å². The number of rotatable bonds is 7. The van der Waals surface area contributed by atoms with Crippen LogP contribution in [0.1, 0.15) is 34.5 Å². The minimum Gasteiger partial charge on any atom is -0.496 e. The largest absolute Gasteiger partial charge is 0.496 e. The normalized spacial score (nSPS) is 17.1. The molecule has 0 saturated heterocycles. The van der Waals surface area contributed by atoms with E-state index in [-0.39, 0.29) is 31.4 Å². The second kappa shape index (κ2) is 9.37. The number of nitrogens with zero attached hydrogens (tertiary/aromatic N) is 3. The Bertz CT molecular complexity index is 1410. The summed E-state index contributed by atoms with van der Waals surface area (Å²) in [4.78, 5) is 29.1. The maximum atomic E-state index is 13.8. The molecule has 1 atom stereocenters. The Hall–Kier alpha value is -4.33. The van der Waals surface area contributed by atoms with Crippen LogP contribution in [0.4, 0.5) is 0 Å². The summed E-state index contributed by atoms with van der Waals surface area (Å²) in [6, 6.07) is 22.7. The minimum atomic E-state index is -1.20. The molecule has 36 heavy (non-hydrogen) atoms. The predicted octanol–water partition coefficient (Wildman–Crippen LogP) is 4.19. The van der Waals surface area contributed by atoms with E-state index in [0.717, 1.165) is 16.9 Å². The van der Waals surface area contributed by atoms with Gasteiger partial charge in [0, 0.05) is 17.7 Å². The van der Waals surface area contributed by atoms with Crippen molar-refractivity contribution < 1.29 is 18.7 Å². The van der Waals surface area contributed by atoms with Gasteiger partial charge in [-0.3, -0.25) is 14.3 Å². The quantitative estimate of drug-likeness (QED) is 0.425. The van der Waals surface area contributed by atoms with E-state index < -0.39 is 5.54 Å². The molecule has 0 bridgehead atoms. The Morgan fingerprint density at radius 2 is 1.86 bits per heavy atom. The zero-order valence-electron chi connectivity index (χ0n) is 20.5. The van der Waals surface area contributed by atoms with Crippen molar-refractivity contribution in [3.05, 3.63) is 95.6 Å². The number of aromatic nitrogens is 2. The molecule has 3 heterocycles. The van der Waals surface area contributed by atoms with Crippen molar-refractivity contribution >= 4 is 11.8 Å². The summed E-state index contributed by atoms with van der Waals surface area (Å²) in [6.45, 7) is 4.25. The minimum absolute atomic E-state index is 0.164. The van der Waals surface area contributed by atoms with Crippen LogP contribution in [0.25, 0.3) is 11.3 Å². The highest BCUT2D eigenvalue weighted by Gasteiger charge is 2.48. The lowest BCUT2D eigenvalue weighted by atomic mass is 9.94. The second-order valence-electron chi connectivity index (χ2n) is 9.11. The Balaban J connectivity index is 1.48. The van der Waals surface area contributed by atoms with Crippen LogP contribution < -0.4 is 10.1 Å². The molecule has 1 N–H and O–H groups in total. The SMILES string of the molecule is COc1ccccc1CNC(=O)C1(C)Cn2nc(-c3ccccc3)cc2C(=O)N1Cc1ccc(C)o1. The predicted molar refractivity (Wildman–Crippen MR) is 134 cm³/mol. The van der Waals surface area contributed by atoms with Gasteiger partial charge in [-0.25, -0.2) is 0 Å². The average Bonchev–Trinajstić information content (AvgIpc) is 3.51. The van der Waals surface area contributed by atoms with E-state index >= 15 is 0 Å². The van der Waals surface area contributed by atoms with Crippen LogP contribution in [0.2, 0.25) is 0 Å². The average molecular weight is 485 g/mol. The van der Waals surface area contributed by atoms with E-state index in [0.29, 0.717) is 22.9 Å². The lowest BCUT2D eigenvalue weighted by Gasteiger charge is -2.42. The van der Waals surface area contributed by atoms with Gasteiger partial charge in [-0.05, 0) is 38.1 Å². The highest BCUT2D eigenvalue weighted by Crippen LogP contribution is 2.32. The van der Waals surface area contributed by atoms with Crippen molar-refractivity contribution in [2.75, 3.05) is 7.11 Å². The number of benzene rings is 2. The van der Waals surface area contributed by atoms with Gasteiger partial charge >= 0.3 is 0 Å². The maximum Gasteiger partial charge on any atom is 0.273 e. The molecule has 4 aromatic rings. The number of nitrogens with one attached hydrogen (secondary N) is 1. The van der Waals surface area contributed by atoms with E-state index in [1.165, 1.54) is 0 Å². The summed E-state index contributed by atoms with van der Waals surface area (Å²) in [5.41, 5.74) is 1.67. The fourth-order valence-electron chi connectivity index (χ4n) is 4.58. The molecule has 1 aliphatic heterocycles. The van der Waals surface area contributed by atoms with Gasteiger partial charge in [-0.1, -0.05) is 48.5 Å². The molecule has 1 aliphatic rings. The second-order valence-corrected chi connectivity index (χ2v) is 9.11. The van der Waals surface area contributed by atoms with Crippen molar-refractivity contribution in [3.63, 3.8) is 0 Å². The topological polar surface area (TPSA) is 89.6 Å². The number of aryl methyl sites for hydroxylation is 1. The molecule has 1 unspecified atom stereocenters. The summed E-state index contributed by atoms with van der Waals surface area (Å²) < 4.78 is 12.8. The van der Waals surface area contributed by atoms with Crippen LogP contribution in [0.3, 0.4) is 0 Å². The molecule has 184 valence electrons. The van der Waals surface area contributed by atoms with E-state index in [9.17, 15) is 9.59 Å². The molecule has 2 amide bonds. The van der Waals surface area contributed by atoms with Gasteiger partial charge in [-0.2, -0.15) is 5.10 Å². The summed E-state index contributed by atoms with van der Waals surface area (Å²) in [5, 5.41) is 7.70. The van der Waals surface area contributed by atoms with Crippen LogP contribution in [-0.2, 0) is 24.4 Å². The van der Waals surface area contributed by atoms with Gasteiger partial charge in [0.15, 0.2) is 0 Å². The molecule has 0 fully saturated rings. The Morgan fingerprint density at radius 1 is 1.11 bits per heavy atom. The first-order chi connectivity index (χ1) is 17.4. The zero-order chi connectivity index (χ0) is 25.3. The molecule has 2 aromatic heterocycles. The number of fused-ring (bicyclic) bond motifs is 1.